The molecular formula is C16H28N4. The number of rotatable bonds is 6. The SMILES string of the molecule is Cc1cccc(N2CCN(CCNCCN)CC2)c1C. The molecule has 0 saturated carbocycles. The average Bonchev–Trinajstić information content (AvgIpc) is 2.47. The fourth-order valence-corrected chi connectivity index (χ4v) is 2.75. The molecular weight excluding hydrogens is 248 g/mol. The van der Waals surface area contributed by atoms with Crippen LogP contribution in [0.4, 0.5) is 5.69 Å². The van der Waals surface area contributed by atoms with Gasteiger partial charge in [0.25, 0.3) is 0 Å². The van der Waals surface area contributed by atoms with Crippen LogP contribution in [-0.4, -0.2) is 57.3 Å². The maximum Gasteiger partial charge on any atom is 0.0399 e. The van der Waals surface area contributed by atoms with E-state index in [0.717, 1.165) is 52.4 Å². The highest BCUT2D eigenvalue weighted by atomic mass is 15.3. The number of hydrogen-bond donors (Lipinski definition) is 2. The average molecular weight is 276 g/mol. The second-order valence-electron chi connectivity index (χ2n) is 5.59. The third-order valence-corrected chi connectivity index (χ3v) is 4.21. The van der Waals surface area contributed by atoms with Gasteiger partial charge in [-0.2, -0.15) is 0 Å². The molecule has 0 aromatic heterocycles. The van der Waals surface area contributed by atoms with E-state index >= 15 is 0 Å². The molecule has 0 radical (unpaired) electrons. The lowest BCUT2D eigenvalue weighted by Crippen LogP contribution is -2.48. The molecule has 1 heterocycles. The van der Waals surface area contributed by atoms with Crippen LogP contribution in [0.15, 0.2) is 18.2 Å². The Bertz CT molecular complexity index is 411. The van der Waals surface area contributed by atoms with E-state index in [1.165, 1.54) is 16.8 Å². The summed E-state index contributed by atoms with van der Waals surface area (Å²) in [5.41, 5.74) is 9.69. The van der Waals surface area contributed by atoms with Gasteiger partial charge in [-0.1, -0.05) is 12.1 Å². The predicted octanol–water partition coefficient (Wildman–Crippen LogP) is 0.974. The second-order valence-corrected chi connectivity index (χ2v) is 5.59. The first-order valence-corrected chi connectivity index (χ1v) is 7.66. The van der Waals surface area contributed by atoms with Gasteiger partial charge in [-0.3, -0.25) is 4.90 Å². The predicted molar refractivity (Wildman–Crippen MR) is 86.5 cm³/mol. The maximum absolute atomic E-state index is 5.47. The first kappa shape index (κ1) is 15.3. The zero-order chi connectivity index (χ0) is 14.4. The molecule has 4 heteroatoms. The van der Waals surface area contributed by atoms with Gasteiger partial charge in [0, 0.05) is 58.0 Å². The minimum Gasteiger partial charge on any atom is -0.369 e. The molecule has 0 unspecified atom stereocenters. The maximum atomic E-state index is 5.47. The Morgan fingerprint density at radius 2 is 1.85 bits per heavy atom. The van der Waals surface area contributed by atoms with Crippen LogP contribution >= 0.6 is 0 Å². The Kier molecular flexibility index (Phi) is 5.83. The Hall–Kier alpha value is -1.10. The van der Waals surface area contributed by atoms with E-state index in [0.29, 0.717) is 0 Å². The first-order chi connectivity index (χ1) is 9.72. The van der Waals surface area contributed by atoms with Crippen LogP contribution in [0, 0.1) is 13.8 Å². The lowest BCUT2D eigenvalue weighted by atomic mass is 10.1. The van der Waals surface area contributed by atoms with E-state index in [1.807, 2.05) is 0 Å². The van der Waals surface area contributed by atoms with E-state index in [2.05, 4.69) is 47.2 Å². The van der Waals surface area contributed by atoms with Gasteiger partial charge < -0.3 is 16.0 Å². The zero-order valence-electron chi connectivity index (χ0n) is 12.9. The van der Waals surface area contributed by atoms with Gasteiger partial charge in [0.1, 0.15) is 0 Å². The van der Waals surface area contributed by atoms with Crippen molar-refractivity contribution < 1.29 is 0 Å². The van der Waals surface area contributed by atoms with E-state index in [-0.39, 0.29) is 0 Å². The molecule has 1 aliphatic heterocycles. The molecule has 0 bridgehead atoms. The third-order valence-electron chi connectivity index (χ3n) is 4.21. The molecule has 0 spiro atoms. The molecule has 4 nitrogen and oxygen atoms in total. The van der Waals surface area contributed by atoms with Crippen molar-refractivity contribution in [2.75, 3.05) is 57.3 Å². The van der Waals surface area contributed by atoms with Crippen molar-refractivity contribution in [3.63, 3.8) is 0 Å². The van der Waals surface area contributed by atoms with E-state index in [4.69, 9.17) is 5.73 Å². The van der Waals surface area contributed by atoms with Gasteiger partial charge in [-0.15, -0.1) is 0 Å². The van der Waals surface area contributed by atoms with Crippen LogP contribution in [0.3, 0.4) is 0 Å². The summed E-state index contributed by atoms with van der Waals surface area (Å²) in [5.74, 6) is 0. The summed E-state index contributed by atoms with van der Waals surface area (Å²) in [4.78, 5) is 5.05. The van der Waals surface area contributed by atoms with Crippen molar-refractivity contribution >= 4 is 5.69 Å². The molecule has 1 aliphatic rings. The Labute approximate surface area is 122 Å². The van der Waals surface area contributed by atoms with Crippen molar-refractivity contribution in [3.05, 3.63) is 29.3 Å². The molecule has 1 fully saturated rings. The van der Waals surface area contributed by atoms with Gasteiger partial charge in [-0.25, -0.2) is 0 Å². The lowest BCUT2D eigenvalue weighted by molar-refractivity contribution is 0.258. The molecule has 0 amide bonds. The summed E-state index contributed by atoms with van der Waals surface area (Å²) < 4.78 is 0. The molecule has 0 aliphatic carbocycles. The van der Waals surface area contributed by atoms with Crippen molar-refractivity contribution in [1.29, 1.82) is 0 Å². The number of piperazine rings is 1. The number of anilines is 1. The van der Waals surface area contributed by atoms with Crippen molar-refractivity contribution in [2.24, 2.45) is 5.73 Å². The zero-order valence-corrected chi connectivity index (χ0v) is 12.9. The summed E-state index contributed by atoms with van der Waals surface area (Å²) in [6.07, 6.45) is 0. The highest BCUT2D eigenvalue weighted by Gasteiger charge is 2.18. The van der Waals surface area contributed by atoms with Crippen molar-refractivity contribution in [1.82, 2.24) is 10.2 Å². The molecule has 3 N–H and O–H groups in total. The van der Waals surface area contributed by atoms with Crippen LogP contribution in [0.1, 0.15) is 11.1 Å². The van der Waals surface area contributed by atoms with E-state index in [9.17, 15) is 0 Å². The number of nitrogens with two attached hydrogens (primary N) is 1. The third kappa shape index (κ3) is 3.95. The van der Waals surface area contributed by atoms with Crippen LogP contribution in [0.25, 0.3) is 0 Å². The summed E-state index contributed by atoms with van der Waals surface area (Å²) in [6.45, 7) is 12.8. The van der Waals surface area contributed by atoms with Gasteiger partial charge in [-0.05, 0) is 31.0 Å². The van der Waals surface area contributed by atoms with E-state index < -0.39 is 0 Å². The number of aryl methyl sites for hydroxylation is 1. The Morgan fingerprint density at radius 1 is 1.10 bits per heavy atom. The molecule has 1 saturated heterocycles. The largest absolute Gasteiger partial charge is 0.369 e. The fraction of sp³-hybridized carbons (Fsp3) is 0.625. The second kappa shape index (κ2) is 7.62. The minimum atomic E-state index is 0.723. The standard InChI is InChI=1S/C16H28N4/c1-14-4-3-5-16(15(14)2)20-12-10-19(11-13-20)9-8-18-7-6-17/h3-5,18H,6-13,17H2,1-2H3. The summed E-state index contributed by atoms with van der Waals surface area (Å²) in [6, 6.07) is 6.61. The Morgan fingerprint density at radius 3 is 2.55 bits per heavy atom. The summed E-state index contributed by atoms with van der Waals surface area (Å²) in [5, 5.41) is 3.36. The van der Waals surface area contributed by atoms with Crippen LogP contribution in [-0.2, 0) is 0 Å². The van der Waals surface area contributed by atoms with Crippen LogP contribution in [0.5, 0.6) is 0 Å². The number of nitrogens with zero attached hydrogens (tertiary/aromatic N) is 2. The minimum absolute atomic E-state index is 0.723. The smallest absolute Gasteiger partial charge is 0.0399 e. The molecule has 2 rings (SSSR count). The first-order valence-electron chi connectivity index (χ1n) is 7.66. The van der Waals surface area contributed by atoms with Crippen LogP contribution in [0.2, 0.25) is 0 Å². The molecule has 112 valence electrons. The van der Waals surface area contributed by atoms with Gasteiger partial charge >= 0.3 is 0 Å². The van der Waals surface area contributed by atoms with Gasteiger partial charge in [0.2, 0.25) is 0 Å². The number of hydrogen-bond acceptors (Lipinski definition) is 4. The van der Waals surface area contributed by atoms with Crippen molar-refractivity contribution in [2.45, 2.75) is 13.8 Å². The highest BCUT2D eigenvalue weighted by molar-refractivity contribution is 5.56. The monoisotopic (exact) mass is 276 g/mol. The fourth-order valence-electron chi connectivity index (χ4n) is 2.75. The number of benzene rings is 1. The topological polar surface area (TPSA) is 44.5 Å². The molecule has 1 aromatic rings. The number of nitrogens with one attached hydrogen (secondary N) is 1. The highest BCUT2D eigenvalue weighted by Crippen LogP contribution is 2.23. The summed E-state index contributed by atoms with van der Waals surface area (Å²) >= 11 is 0. The van der Waals surface area contributed by atoms with Crippen LogP contribution < -0.4 is 16.0 Å². The van der Waals surface area contributed by atoms with Gasteiger partial charge in [0.05, 0.1) is 0 Å². The quantitative estimate of drug-likeness (QED) is 0.760. The molecule has 20 heavy (non-hydrogen) atoms. The van der Waals surface area contributed by atoms with Gasteiger partial charge in [0.15, 0.2) is 0 Å². The molecule has 1 aromatic carbocycles. The molecule has 0 atom stereocenters. The van der Waals surface area contributed by atoms with E-state index in [1.54, 1.807) is 0 Å². The lowest BCUT2D eigenvalue weighted by Gasteiger charge is -2.37. The normalized spacial score (nSPS) is 16.6. The Balaban J connectivity index is 1.80. The van der Waals surface area contributed by atoms with Crippen molar-refractivity contribution in [3.8, 4) is 0 Å². The summed E-state index contributed by atoms with van der Waals surface area (Å²) in [7, 11) is 0.